The highest BCUT2D eigenvalue weighted by Crippen LogP contribution is 2.24. The number of hydrogen-bond donors (Lipinski definition) is 2. The highest BCUT2D eigenvalue weighted by atomic mass is 32.2. The topological polar surface area (TPSA) is 49.7 Å². The quantitative estimate of drug-likeness (QED) is 0.713. The average molecular weight is 270 g/mol. The molecule has 18 heavy (non-hydrogen) atoms. The standard InChI is InChI=1S/C14H22O3S/c1-3-11(15)9-17-13-6-5-7-14(8-13)18-10-12(16)4-2/h5-8,11-12,15-16H,3-4,9-10H2,1-2H3. The van der Waals surface area contributed by atoms with Crippen LogP contribution in [0.25, 0.3) is 0 Å². The SMILES string of the molecule is CCC(O)COc1cccc(SCC(O)CC)c1. The van der Waals surface area contributed by atoms with Gasteiger partial charge in [0.2, 0.25) is 0 Å². The third-order valence-electron chi connectivity index (χ3n) is 2.63. The molecular weight excluding hydrogens is 248 g/mol. The van der Waals surface area contributed by atoms with Crippen LogP contribution in [0.3, 0.4) is 0 Å². The number of aliphatic hydroxyl groups excluding tert-OH is 2. The zero-order valence-electron chi connectivity index (χ0n) is 11.0. The first kappa shape index (κ1) is 15.3. The predicted octanol–water partition coefficient (Wildman–Crippen LogP) is 2.70. The van der Waals surface area contributed by atoms with Crippen LogP contribution in [0.2, 0.25) is 0 Å². The molecule has 0 amide bonds. The van der Waals surface area contributed by atoms with Gasteiger partial charge < -0.3 is 14.9 Å². The Morgan fingerprint density at radius 3 is 2.56 bits per heavy atom. The van der Waals surface area contributed by atoms with Crippen molar-refractivity contribution in [2.45, 2.75) is 43.8 Å². The largest absolute Gasteiger partial charge is 0.491 e. The molecule has 3 nitrogen and oxygen atoms in total. The molecule has 0 aliphatic rings. The summed E-state index contributed by atoms with van der Waals surface area (Å²) < 4.78 is 5.51. The lowest BCUT2D eigenvalue weighted by atomic mass is 10.3. The van der Waals surface area contributed by atoms with Gasteiger partial charge in [-0.3, -0.25) is 0 Å². The Hall–Kier alpha value is -0.710. The summed E-state index contributed by atoms with van der Waals surface area (Å²) in [6.45, 7) is 4.21. The first-order valence-electron chi connectivity index (χ1n) is 6.37. The minimum atomic E-state index is -0.414. The second kappa shape index (κ2) is 8.40. The van der Waals surface area contributed by atoms with E-state index < -0.39 is 6.10 Å². The molecule has 1 aromatic carbocycles. The van der Waals surface area contributed by atoms with Gasteiger partial charge in [-0.1, -0.05) is 19.9 Å². The molecule has 1 aromatic rings. The molecule has 0 bridgehead atoms. The van der Waals surface area contributed by atoms with Crippen LogP contribution in [0, 0.1) is 0 Å². The van der Waals surface area contributed by atoms with E-state index in [2.05, 4.69) is 0 Å². The molecule has 0 heterocycles. The minimum Gasteiger partial charge on any atom is -0.491 e. The van der Waals surface area contributed by atoms with Crippen molar-refractivity contribution in [3.63, 3.8) is 0 Å². The van der Waals surface area contributed by atoms with E-state index in [9.17, 15) is 10.2 Å². The van der Waals surface area contributed by atoms with Gasteiger partial charge in [-0.2, -0.15) is 0 Å². The van der Waals surface area contributed by atoms with Crippen molar-refractivity contribution in [2.75, 3.05) is 12.4 Å². The van der Waals surface area contributed by atoms with E-state index in [-0.39, 0.29) is 6.10 Å². The fourth-order valence-electron chi connectivity index (χ4n) is 1.27. The third-order valence-corrected chi connectivity index (χ3v) is 3.77. The van der Waals surface area contributed by atoms with Crippen molar-refractivity contribution in [1.29, 1.82) is 0 Å². The highest BCUT2D eigenvalue weighted by Gasteiger charge is 2.05. The van der Waals surface area contributed by atoms with Crippen molar-refractivity contribution in [2.24, 2.45) is 0 Å². The Balaban J connectivity index is 2.46. The average Bonchev–Trinajstić information content (AvgIpc) is 2.42. The molecule has 4 heteroatoms. The third kappa shape index (κ3) is 5.76. The van der Waals surface area contributed by atoms with E-state index in [1.165, 1.54) is 0 Å². The summed E-state index contributed by atoms with van der Waals surface area (Å²) in [6, 6.07) is 7.74. The predicted molar refractivity (Wildman–Crippen MR) is 75.3 cm³/mol. The van der Waals surface area contributed by atoms with Gasteiger partial charge in [0.25, 0.3) is 0 Å². The zero-order chi connectivity index (χ0) is 13.4. The highest BCUT2D eigenvalue weighted by molar-refractivity contribution is 7.99. The maximum Gasteiger partial charge on any atom is 0.120 e. The van der Waals surface area contributed by atoms with E-state index >= 15 is 0 Å². The van der Waals surface area contributed by atoms with E-state index in [4.69, 9.17) is 4.74 Å². The van der Waals surface area contributed by atoms with Gasteiger partial charge in [0.05, 0.1) is 12.2 Å². The van der Waals surface area contributed by atoms with Crippen molar-refractivity contribution >= 4 is 11.8 Å². The second-order valence-corrected chi connectivity index (χ2v) is 5.31. The Labute approximate surface area is 113 Å². The molecule has 0 spiro atoms. The minimum absolute atomic E-state index is 0.263. The molecule has 0 saturated carbocycles. The first-order chi connectivity index (χ1) is 8.65. The van der Waals surface area contributed by atoms with E-state index in [0.717, 1.165) is 17.1 Å². The summed E-state index contributed by atoms with van der Waals surface area (Å²) in [7, 11) is 0. The van der Waals surface area contributed by atoms with Crippen molar-refractivity contribution < 1.29 is 14.9 Å². The van der Waals surface area contributed by atoms with Gasteiger partial charge in [0, 0.05) is 10.6 Å². The number of hydrogen-bond acceptors (Lipinski definition) is 4. The van der Waals surface area contributed by atoms with Gasteiger partial charge in [-0.25, -0.2) is 0 Å². The molecule has 2 N–H and O–H groups in total. The molecule has 1 rings (SSSR count). The number of thioether (sulfide) groups is 1. The van der Waals surface area contributed by atoms with E-state index in [1.54, 1.807) is 11.8 Å². The molecular formula is C14H22O3S. The van der Waals surface area contributed by atoms with Crippen molar-refractivity contribution in [1.82, 2.24) is 0 Å². The van der Waals surface area contributed by atoms with Gasteiger partial charge >= 0.3 is 0 Å². The molecule has 2 atom stereocenters. The van der Waals surface area contributed by atoms with Crippen LogP contribution in [0.1, 0.15) is 26.7 Å². The number of benzene rings is 1. The summed E-state index contributed by atoms with van der Waals surface area (Å²) in [5, 5.41) is 18.9. The van der Waals surface area contributed by atoms with Crippen LogP contribution in [0.15, 0.2) is 29.2 Å². The van der Waals surface area contributed by atoms with Crippen molar-refractivity contribution in [3.8, 4) is 5.75 Å². The lowest BCUT2D eigenvalue weighted by Crippen LogP contribution is -2.15. The van der Waals surface area contributed by atoms with Crippen LogP contribution in [0.4, 0.5) is 0 Å². The van der Waals surface area contributed by atoms with Gasteiger partial charge in [-0.05, 0) is 31.0 Å². The summed E-state index contributed by atoms with van der Waals surface area (Å²) in [6.07, 6.45) is 0.785. The Morgan fingerprint density at radius 1 is 1.17 bits per heavy atom. The van der Waals surface area contributed by atoms with E-state index in [1.807, 2.05) is 38.1 Å². The van der Waals surface area contributed by atoms with Gasteiger partial charge in [0.1, 0.15) is 12.4 Å². The van der Waals surface area contributed by atoms with Gasteiger partial charge in [0.15, 0.2) is 0 Å². The number of aliphatic hydroxyl groups is 2. The molecule has 0 saturated heterocycles. The lowest BCUT2D eigenvalue weighted by molar-refractivity contribution is 0.104. The number of ether oxygens (including phenoxy) is 1. The van der Waals surface area contributed by atoms with Crippen LogP contribution in [-0.4, -0.2) is 34.8 Å². The van der Waals surface area contributed by atoms with Crippen molar-refractivity contribution in [3.05, 3.63) is 24.3 Å². The fourth-order valence-corrected chi connectivity index (χ4v) is 2.27. The fraction of sp³-hybridized carbons (Fsp3) is 0.571. The van der Waals surface area contributed by atoms with Crippen LogP contribution in [0.5, 0.6) is 5.75 Å². The monoisotopic (exact) mass is 270 g/mol. The van der Waals surface area contributed by atoms with Crippen LogP contribution in [-0.2, 0) is 0 Å². The molecule has 2 unspecified atom stereocenters. The zero-order valence-corrected chi connectivity index (χ0v) is 11.8. The molecule has 0 aliphatic carbocycles. The Bertz CT molecular complexity index is 314. The second-order valence-electron chi connectivity index (χ2n) is 4.22. The van der Waals surface area contributed by atoms with Crippen LogP contribution < -0.4 is 4.74 Å². The molecule has 0 aliphatic heterocycles. The molecule has 102 valence electrons. The normalized spacial score (nSPS) is 14.2. The van der Waals surface area contributed by atoms with Crippen LogP contribution >= 0.6 is 11.8 Å². The maximum atomic E-state index is 9.51. The Kier molecular flexibility index (Phi) is 7.16. The molecule has 0 fully saturated rings. The van der Waals surface area contributed by atoms with E-state index in [0.29, 0.717) is 18.8 Å². The lowest BCUT2D eigenvalue weighted by Gasteiger charge is -2.11. The first-order valence-corrected chi connectivity index (χ1v) is 7.36. The maximum absolute atomic E-state index is 9.51. The smallest absolute Gasteiger partial charge is 0.120 e. The summed E-state index contributed by atoms with van der Waals surface area (Å²) in [4.78, 5) is 1.07. The summed E-state index contributed by atoms with van der Waals surface area (Å²) >= 11 is 1.61. The van der Waals surface area contributed by atoms with Gasteiger partial charge in [-0.15, -0.1) is 11.8 Å². The molecule has 0 radical (unpaired) electrons. The summed E-state index contributed by atoms with van der Waals surface area (Å²) in [5.74, 6) is 1.45. The number of rotatable bonds is 8. The summed E-state index contributed by atoms with van der Waals surface area (Å²) in [5.41, 5.74) is 0. The molecule has 0 aromatic heterocycles. The Morgan fingerprint density at radius 2 is 1.89 bits per heavy atom.